The van der Waals surface area contributed by atoms with E-state index in [2.05, 4.69) is 4.98 Å². The number of imidazole rings is 1. The number of nitrogens with one attached hydrogen (secondary N) is 1. The second-order valence-corrected chi connectivity index (χ2v) is 2.55. The third-order valence-electron chi connectivity index (χ3n) is 1.76. The minimum atomic E-state index is -0.537. The Kier molecular flexibility index (Phi) is 1.71. The van der Waals surface area contributed by atoms with Gasteiger partial charge in [0.1, 0.15) is 5.65 Å². The van der Waals surface area contributed by atoms with E-state index in [1.807, 2.05) is 0 Å². The SMILES string of the molecule is O=C(NO)c1ccn2ccnc2c1. The lowest BCUT2D eigenvalue weighted by atomic mass is 10.2. The van der Waals surface area contributed by atoms with Crippen molar-refractivity contribution < 1.29 is 10.0 Å². The van der Waals surface area contributed by atoms with Crippen molar-refractivity contribution in [3.05, 3.63) is 36.3 Å². The summed E-state index contributed by atoms with van der Waals surface area (Å²) in [6, 6.07) is 3.19. The van der Waals surface area contributed by atoms with Crippen LogP contribution in [0.1, 0.15) is 10.4 Å². The van der Waals surface area contributed by atoms with E-state index < -0.39 is 5.91 Å². The van der Waals surface area contributed by atoms with Gasteiger partial charge < -0.3 is 4.40 Å². The van der Waals surface area contributed by atoms with Gasteiger partial charge in [-0.2, -0.15) is 0 Å². The number of amides is 1. The minimum Gasteiger partial charge on any atom is -0.307 e. The van der Waals surface area contributed by atoms with Crippen molar-refractivity contribution in [3.63, 3.8) is 0 Å². The molecule has 66 valence electrons. The molecule has 0 bridgehead atoms. The predicted octanol–water partition coefficient (Wildman–Crippen LogP) is 0.453. The number of pyridine rings is 1. The van der Waals surface area contributed by atoms with Gasteiger partial charge in [0.05, 0.1) is 0 Å². The number of hydrogen-bond donors (Lipinski definition) is 2. The summed E-state index contributed by atoms with van der Waals surface area (Å²) in [6.45, 7) is 0. The highest BCUT2D eigenvalue weighted by Gasteiger charge is 2.04. The van der Waals surface area contributed by atoms with Gasteiger partial charge in [-0.3, -0.25) is 10.0 Å². The molecule has 5 nitrogen and oxygen atoms in total. The van der Waals surface area contributed by atoms with Crippen molar-refractivity contribution in [1.29, 1.82) is 0 Å². The number of hydroxylamine groups is 1. The molecule has 0 fully saturated rings. The van der Waals surface area contributed by atoms with E-state index in [1.165, 1.54) is 0 Å². The zero-order chi connectivity index (χ0) is 9.26. The van der Waals surface area contributed by atoms with Gasteiger partial charge in [0.15, 0.2) is 0 Å². The maximum Gasteiger partial charge on any atom is 0.274 e. The lowest BCUT2D eigenvalue weighted by Gasteiger charge is -1.98. The maximum atomic E-state index is 11.0. The number of hydrogen-bond acceptors (Lipinski definition) is 3. The van der Waals surface area contributed by atoms with Crippen LogP contribution in [0.5, 0.6) is 0 Å². The zero-order valence-electron chi connectivity index (χ0n) is 6.64. The Balaban J connectivity index is 2.54. The first-order chi connectivity index (χ1) is 6.31. The summed E-state index contributed by atoms with van der Waals surface area (Å²) in [4.78, 5) is 15.0. The zero-order valence-corrected chi connectivity index (χ0v) is 6.64. The third kappa shape index (κ3) is 1.25. The van der Waals surface area contributed by atoms with Crippen LogP contribution < -0.4 is 5.48 Å². The Morgan fingerprint density at radius 2 is 2.38 bits per heavy atom. The van der Waals surface area contributed by atoms with E-state index in [4.69, 9.17) is 5.21 Å². The van der Waals surface area contributed by atoms with Crippen LogP contribution in [0.15, 0.2) is 30.7 Å². The van der Waals surface area contributed by atoms with Crippen LogP contribution in [0, 0.1) is 0 Å². The Morgan fingerprint density at radius 1 is 1.54 bits per heavy atom. The van der Waals surface area contributed by atoms with Crippen molar-refractivity contribution in [2.24, 2.45) is 0 Å². The van der Waals surface area contributed by atoms with Gasteiger partial charge in [0, 0.05) is 24.2 Å². The molecule has 0 unspecified atom stereocenters. The van der Waals surface area contributed by atoms with Gasteiger partial charge in [0.2, 0.25) is 0 Å². The highest BCUT2D eigenvalue weighted by molar-refractivity contribution is 5.94. The molecule has 0 aromatic carbocycles. The smallest absolute Gasteiger partial charge is 0.274 e. The molecule has 0 saturated heterocycles. The molecule has 0 aliphatic carbocycles. The molecular formula is C8H7N3O2. The summed E-state index contributed by atoms with van der Waals surface area (Å²) in [5.41, 5.74) is 2.61. The molecule has 0 aliphatic heterocycles. The van der Waals surface area contributed by atoms with Crippen LogP contribution in [0.3, 0.4) is 0 Å². The Morgan fingerprint density at radius 3 is 3.15 bits per heavy atom. The van der Waals surface area contributed by atoms with E-state index >= 15 is 0 Å². The molecule has 5 heteroatoms. The first-order valence-electron chi connectivity index (χ1n) is 3.68. The van der Waals surface area contributed by atoms with Crippen molar-refractivity contribution in [2.75, 3.05) is 0 Å². The fraction of sp³-hybridized carbons (Fsp3) is 0. The average molecular weight is 177 g/mol. The fourth-order valence-electron chi connectivity index (χ4n) is 1.12. The highest BCUT2D eigenvalue weighted by Crippen LogP contribution is 2.04. The quantitative estimate of drug-likeness (QED) is 0.491. The summed E-state index contributed by atoms with van der Waals surface area (Å²) in [5, 5.41) is 8.38. The molecular weight excluding hydrogens is 170 g/mol. The standard InChI is InChI=1S/C8H7N3O2/c12-8(10-13)6-1-3-11-4-2-9-7(11)5-6/h1-5,13H,(H,10,12). The number of carbonyl (C=O) groups is 1. The van der Waals surface area contributed by atoms with E-state index in [-0.39, 0.29) is 0 Å². The summed E-state index contributed by atoms with van der Waals surface area (Å²) < 4.78 is 1.77. The van der Waals surface area contributed by atoms with E-state index in [9.17, 15) is 4.79 Å². The second kappa shape index (κ2) is 2.87. The summed E-state index contributed by atoms with van der Waals surface area (Å²) >= 11 is 0. The van der Waals surface area contributed by atoms with Crippen LogP contribution in [0.25, 0.3) is 5.65 Å². The van der Waals surface area contributed by atoms with Gasteiger partial charge in [-0.25, -0.2) is 10.5 Å². The molecule has 2 rings (SSSR count). The summed E-state index contributed by atoms with van der Waals surface area (Å²) in [6.07, 6.45) is 5.11. The van der Waals surface area contributed by atoms with Crippen LogP contribution in [0.2, 0.25) is 0 Å². The minimum absolute atomic E-state index is 0.376. The van der Waals surface area contributed by atoms with Crippen LogP contribution in [-0.4, -0.2) is 20.5 Å². The molecule has 0 atom stereocenters. The molecule has 13 heavy (non-hydrogen) atoms. The molecule has 2 N–H and O–H groups in total. The van der Waals surface area contributed by atoms with Gasteiger partial charge in [0.25, 0.3) is 5.91 Å². The Hall–Kier alpha value is -1.88. The average Bonchev–Trinajstić information content (AvgIpc) is 2.63. The molecule has 2 heterocycles. The van der Waals surface area contributed by atoms with Crippen LogP contribution in [-0.2, 0) is 0 Å². The summed E-state index contributed by atoms with van der Waals surface area (Å²) in [5.74, 6) is -0.537. The molecule has 0 saturated carbocycles. The van der Waals surface area contributed by atoms with Crippen LogP contribution >= 0.6 is 0 Å². The first kappa shape index (κ1) is 7.75. The first-order valence-corrected chi connectivity index (χ1v) is 3.68. The number of aromatic nitrogens is 2. The van der Waals surface area contributed by atoms with Crippen molar-refractivity contribution >= 4 is 11.6 Å². The predicted molar refractivity (Wildman–Crippen MR) is 44.4 cm³/mol. The monoisotopic (exact) mass is 177 g/mol. The number of carbonyl (C=O) groups excluding carboxylic acids is 1. The van der Waals surface area contributed by atoms with Crippen LogP contribution in [0.4, 0.5) is 0 Å². The normalized spacial score (nSPS) is 10.2. The van der Waals surface area contributed by atoms with Gasteiger partial charge in [-0.1, -0.05) is 0 Å². The van der Waals surface area contributed by atoms with Gasteiger partial charge in [-0.05, 0) is 12.1 Å². The number of rotatable bonds is 1. The summed E-state index contributed by atoms with van der Waals surface area (Å²) in [7, 11) is 0. The lowest BCUT2D eigenvalue weighted by molar-refractivity contribution is 0.0706. The van der Waals surface area contributed by atoms with E-state index in [1.54, 1.807) is 40.6 Å². The molecule has 2 aromatic heterocycles. The van der Waals surface area contributed by atoms with Crippen molar-refractivity contribution in [3.8, 4) is 0 Å². The Bertz CT molecular complexity index is 449. The fourth-order valence-corrected chi connectivity index (χ4v) is 1.12. The van der Waals surface area contributed by atoms with E-state index in [0.29, 0.717) is 11.2 Å². The van der Waals surface area contributed by atoms with Gasteiger partial charge >= 0.3 is 0 Å². The topological polar surface area (TPSA) is 66.6 Å². The molecule has 0 aliphatic rings. The second-order valence-electron chi connectivity index (χ2n) is 2.55. The molecule has 0 radical (unpaired) electrons. The largest absolute Gasteiger partial charge is 0.307 e. The van der Waals surface area contributed by atoms with Crippen molar-refractivity contribution in [1.82, 2.24) is 14.9 Å². The number of fused-ring (bicyclic) bond motifs is 1. The van der Waals surface area contributed by atoms with E-state index in [0.717, 1.165) is 0 Å². The lowest BCUT2D eigenvalue weighted by Crippen LogP contribution is -2.18. The van der Waals surface area contributed by atoms with Crippen molar-refractivity contribution in [2.45, 2.75) is 0 Å². The van der Waals surface area contributed by atoms with Gasteiger partial charge in [-0.15, -0.1) is 0 Å². The molecule has 2 aromatic rings. The third-order valence-corrected chi connectivity index (χ3v) is 1.76. The Labute approximate surface area is 73.6 Å². The highest BCUT2D eigenvalue weighted by atomic mass is 16.5. The number of nitrogens with zero attached hydrogens (tertiary/aromatic N) is 2. The molecule has 1 amide bonds. The molecule has 0 spiro atoms. The maximum absolute atomic E-state index is 11.0.